The molecular weight excluding hydrogens is 222 g/mol. The zero-order valence-corrected chi connectivity index (χ0v) is 11.3. The maximum Gasteiger partial charge on any atom is 0.134 e. The largest absolute Gasteiger partial charge is 0.461 e. The molecule has 0 saturated carbocycles. The van der Waals surface area contributed by atoms with E-state index in [0.29, 0.717) is 0 Å². The highest BCUT2D eigenvalue weighted by Crippen LogP contribution is 2.27. The molecule has 0 bridgehead atoms. The lowest BCUT2D eigenvalue weighted by Crippen LogP contribution is -2.30. The maximum atomic E-state index is 5.73. The van der Waals surface area contributed by atoms with Crippen LogP contribution in [-0.2, 0) is 6.42 Å². The third-order valence-electron chi connectivity index (χ3n) is 4.16. The van der Waals surface area contributed by atoms with Crippen LogP contribution < -0.4 is 5.32 Å². The lowest BCUT2D eigenvalue weighted by Gasteiger charge is -2.22. The quantitative estimate of drug-likeness (QED) is 0.872. The summed E-state index contributed by atoms with van der Waals surface area (Å²) >= 11 is 0. The molecule has 96 valence electrons. The van der Waals surface area contributed by atoms with Gasteiger partial charge in [0.1, 0.15) is 11.3 Å². The summed E-state index contributed by atoms with van der Waals surface area (Å²) in [5.74, 6) is 1.84. The molecule has 1 unspecified atom stereocenters. The van der Waals surface area contributed by atoms with Gasteiger partial charge < -0.3 is 9.73 Å². The highest BCUT2D eigenvalue weighted by Gasteiger charge is 2.14. The SMILES string of the molecule is Cc1oc2ccc(CC3CCCNC3)cc2c1C. The van der Waals surface area contributed by atoms with Gasteiger partial charge in [-0.25, -0.2) is 0 Å². The average molecular weight is 243 g/mol. The van der Waals surface area contributed by atoms with Crippen LogP contribution in [0.5, 0.6) is 0 Å². The zero-order chi connectivity index (χ0) is 12.5. The van der Waals surface area contributed by atoms with Crippen LogP contribution in [-0.4, -0.2) is 13.1 Å². The van der Waals surface area contributed by atoms with Crippen molar-refractivity contribution in [3.63, 3.8) is 0 Å². The van der Waals surface area contributed by atoms with E-state index in [-0.39, 0.29) is 0 Å². The number of fused-ring (bicyclic) bond motifs is 1. The van der Waals surface area contributed by atoms with Gasteiger partial charge in [-0.05, 0) is 75.4 Å². The molecule has 3 rings (SSSR count). The van der Waals surface area contributed by atoms with Crippen molar-refractivity contribution in [2.24, 2.45) is 5.92 Å². The van der Waals surface area contributed by atoms with Gasteiger partial charge in [-0.2, -0.15) is 0 Å². The lowest BCUT2D eigenvalue weighted by atomic mass is 9.92. The van der Waals surface area contributed by atoms with E-state index in [1.165, 1.54) is 48.9 Å². The van der Waals surface area contributed by atoms with E-state index in [2.05, 4.69) is 30.4 Å². The second kappa shape index (κ2) is 4.77. The van der Waals surface area contributed by atoms with Crippen molar-refractivity contribution in [3.8, 4) is 0 Å². The third-order valence-corrected chi connectivity index (χ3v) is 4.16. The Morgan fingerprint density at radius 1 is 1.33 bits per heavy atom. The Morgan fingerprint density at radius 2 is 2.22 bits per heavy atom. The van der Waals surface area contributed by atoms with E-state index >= 15 is 0 Å². The minimum atomic E-state index is 0.796. The summed E-state index contributed by atoms with van der Waals surface area (Å²) in [6, 6.07) is 6.66. The molecule has 1 aliphatic rings. The number of hydrogen-bond acceptors (Lipinski definition) is 2. The summed E-state index contributed by atoms with van der Waals surface area (Å²) in [5.41, 5.74) is 3.75. The normalized spacial score (nSPS) is 20.4. The molecule has 0 amide bonds. The van der Waals surface area contributed by atoms with Gasteiger partial charge in [-0.1, -0.05) is 6.07 Å². The Balaban J connectivity index is 1.85. The van der Waals surface area contributed by atoms with Crippen molar-refractivity contribution in [2.75, 3.05) is 13.1 Å². The van der Waals surface area contributed by atoms with E-state index in [1.807, 2.05) is 6.92 Å². The van der Waals surface area contributed by atoms with E-state index in [1.54, 1.807) is 0 Å². The van der Waals surface area contributed by atoms with Crippen LogP contribution in [0.1, 0.15) is 29.7 Å². The van der Waals surface area contributed by atoms with Crippen molar-refractivity contribution in [3.05, 3.63) is 35.1 Å². The van der Waals surface area contributed by atoms with E-state index < -0.39 is 0 Å². The molecule has 1 fully saturated rings. The lowest BCUT2D eigenvalue weighted by molar-refractivity contribution is 0.376. The second-order valence-electron chi connectivity index (χ2n) is 5.53. The van der Waals surface area contributed by atoms with Gasteiger partial charge in [0, 0.05) is 5.39 Å². The first-order valence-electron chi connectivity index (χ1n) is 6.93. The molecule has 1 saturated heterocycles. The summed E-state index contributed by atoms with van der Waals surface area (Å²) in [6.45, 7) is 6.55. The van der Waals surface area contributed by atoms with Crippen LogP contribution in [0, 0.1) is 19.8 Å². The van der Waals surface area contributed by atoms with Crippen LogP contribution in [0.25, 0.3) is 11.0 Å². The molecule has 2 heterocycles. The highest BCUT2D eigenvalue weighted by molar-refractivity contribution is 5.82. The highest BCUT2D eigenvalue weighted by atomic mass is 16.3. The molecule has 0 radical (unpaired) electrons. The fourth-order valence-electron chi connectivity index (χ4n) is 2.95. The van der Waals surface area contributed by atoms with Gasteiger partial charge in [0.15, 0.2) is 0 Å². The summed E-state index contributed by atoms with van der Waals surface area (Å²) < 4.78 is 5.73. The fraction of sp³-hybridized carbons (Fsp3) is 0.500. The van der Waals surface area contributed by atoms with Gasteiger partial charge in [-0.15, -0.1) is 0 Å². The summed E-state index contributed by atoms with van der Waals surface area (Å²) in [4.78, 5) is 0. The van der Waals surface area contributed by atoms with Crippen molar-refractivity contribution in [1.82, 2.24) is 5.32 Å². The molecule has 0 aliphatic carbocycles. The fourth-order valence-corrected chi connectivity index (χ4v) is 2.95. The number of nitrogens with one attached hydrogen (secondary N) is 1. The number of hydrogen-bond donors (Lipinski definition) is 1. The topological polar surface area (TPSA) is 25.2 Å². The Morgan fingerprint density at radius 3 is 3.00 bits per heavy atom. The number of furan rings is 1. The van der Waals surface area contributed by atoms with E-state index in [9.17, 15) is 0 Å². The van der Waals surface area contributed by atoms with Crippen LogP contribution in [0.15, 0.2) is 22.6 Å². The predicted octanol–water partition coefficient (Wildman–Crippen LogP) is 3.59. The van der Waals surface area contributed by atoms with Gasteiger partial charge in [0.25, 0.3) is 0 Å². The standard InChI is InChI=1S/C16H21NO/c1-11-12(2)18-16-6-5-13(9-15(11)16)8-14-4-3-7-17-10-14/h5-6,9,14,17H,3-4,7-8,10H2,1-2H3. The van der Waals surface area contributed by atoms with Crippen molar-refractivity contribution in [1.29, 1.82) is 0 Å². The molecule has 2 heteroatoms. The molecular formula is C16H21NO. The Hall–Kier alpha value is -1.28. The van der Waals surface area contributed by atoms with Crippen LogP contribution in [0.4, 0.5) is 0 Å². The molecule has 2 nitrogen and oxygen atoms in total. The van der Waals surface area contributed by atoms with Crippen LogP contribution in [0.2, 0.25) is 0 Å². The molecule has 1 atom stereocenters. The minimum absolute atomic E-state index is 0.796. The Labute approximate surface area is 108 Å². The third kappa shape index (κ3) is 2.17. The first kappa shape index (κ1) is 11.8. The van der Waals surface area contributed by atoms with Gasteiger partial charge in [-0.3, -0.25) is 0 Å². The average Bonchev–Trinajstić information content (AvgIpc) is 2.67. The minimum Gasteiger partial charge on any atom is -0.461 e. The van der Waals surface area contributed by atoms with Crippen molar-refractivity contribution >= 4 is 11.0 Å². The van der Waals surface area contributed by atoms with Gasteiger partial charge >= 0.3 is 0 Å². The Bertz CT molecular complexity index is 549. The first-order valence-corrected chi connectivity index (χ1v) is 6.93. The number of benzene rings is 1. The summed E-state index contributed by atoms with van der Waals surface area (Å²) in [7, 11) is 0. The smallest absolute Gasteiger partial charge is 0.134 e. The Kier molecular flexibility index (Phi) is 3.13. The van der Waals surface area contributed by atoms with Crippen molar-refractivity contribution < 1.29 is 4.42 Å². The molecule has 0 spiro atoms. The maximum absolute atomic E-state index is 5.73. The zero-order valence-electron chi connectivity index (χ0n) is 11.3. The van der Waals surface area contributed by atoms with Crippen LogP contribution in [0.3, 0.4) is 0 Å². The second-order valence-corrected chi connectivity index (χ2v) is 5.53. The van der Waals surface area contributed by atoms with Crippen LogP contribution >= 0.6 is 0 Å². The number of aryl methyl sites for hydroxylation is 2. The van der Waals surface area contributed by atoms with E-state index in [0.717, 1.165) is 17.3 Å². The molecule has 2 aromatic rings. The monoisotopic (exact) mass is 243 g/mol. The molecule has 1 aromatic carbocycles. The van der Waals surface area contributed by atoms with Crippen molar-refractivity contribution in [2.45, 2.75) is 33.1 Å². The first-order chi connectivity index (χ1) is 8.74. The summed E-state index contributed by atoms with van der Waals surface area (Å²) in [5, 5.41) is 4.78. The molecule has 18 heavy (non-hydrogen) atoms. The van der Waals surface area contributed by atoms with E-state index in [4.69, 9.17) is 4.42 Å². The predicted molar refractivity (Wildman–Crippen MR) is 75.0 cm³/mol. The molecule has 1 aliphatic heterocycles. The number of rotatable bonds is 2. The summed E-state index contributed by atoms with van der Waals surface area (Å²) in [6.07, 6.45) is 3.86. The van der Waals surface area contributed by atoms with Gasteiger partial charge in [0.2, 0.25) is 0 Å². The number of piperidine rings is 1. The van der Waals surface area contributed by atoms with Gasteiger partial charge in [0.05, 0.1) is 0 Å². The molecule has 1 N–H and O–H groups in total. The molecule has 1 aromatic heterocycles.